The Morgan fingerprint density at radius 2 is 2.29 bits per heavy atom. The number of rotatable bonds is 2. The highest BCUT2D eigenvalue weighted by atomic mass is 32.1. The summed E-state index contributed by atoms with van der Waals surface area (Å²) >= 11 is 1.37. The van der Waals surface area contributed by atoms with Crippen molar-refractivity contribution in [1.29, 1.82) is 0 Å². The number of nitrogens with one attached hydrogen (secondary N) is 2. The molecule has 112 valence electrons. The van der Waals surface area contributed by atoms with Gasteiger partial charge in [0, 0.05) is 22.2 Å². The summed E-state index contributed by atoms with van der Waals surface area (Å²) in [5.74, 6) is -0.331. The molecule has 2 atom stereocenters. The van der Waals surface area contributed by atoms with Gasteiger partial charge in [-0.15, -0.1) is 11.3 Å². The Hall–Kier alpha value is -1.46. The van der Waals surface area contributed by atoms with E-state index in [1.165, 1.54) is 17.4 Å². The topological polar surface area (TPSA) is 41.1 Å². The smallest absolute Gasteiger partial charge is 0.261 e. The lowest BCUT2D eigenvalue weighted by atomic mass is 10.0. The molecule has 1 amide bonds. The number of amides is 1. The Labute approximate surface area is 127 Å². The zero-order valence-electron chi connectivity index (χ0n) is 12.2. The summed E-state index contributed by atoms with van der Waals surface area (Å²) in [6, 6.07) is 5.61. The second-order valence-corrected chi connectivity index (χ2v) is 6.77. The second kappa shape index (κ2) is 5.73. The van der Waals surface area contributed by atoms with Crippen molar-refractivity contribution in [3.05, 3.63) is 34.5 Å². The van der Waals surface area contributed by atoms with Gasteiger partial charge < -0.3 is 10.6 Å². The molecular weight excluding hydrogens is 287 g/mol. The molecule has 1 aromatic carbocycles. The molecule has 0 radical (unpaired) electrons. The third-order valence-corrected chi connectivity index (χ3v) is 5.32. The van der Waals surface area contributed by atoms with Gasteiger partial charge >= 0.3 is 0 Å². The van der Waals surface area contributed by atoms with Crippen LogP contribution >= 0.6 is 11.3 Å². The van der Waals surface area contributed by atoms with E-state index in [1.54, 1.807) is 6.07 Å². The van der Waals surface area contributed by atoms with E-state index in [1.807, 2.05) is 13.0 Å². The van der Waals surface area contributed by atoms with Crippen molar-refractivity contribution in [3.63, 3.8) is 0 Å². The van der Waals surface area contributed by atoms with Crippen LogP contribution < -0.4 is 10.6 Å². The van der Waals surface area contributed by atoms with Gasteiger partial charge in [-0.25, -0.2) is 4.39 Å². The monoisotopic (exact) mass is 306 g/mol. The van der Waals surface area contributed by atoms with Crippen LogP contribution in [0.1, 0.15) is 35.0 Å². The molecule has 1 fully saturated rings. The minimum Gasteiger partial charge on any atom is -0.348 e. The number of halogens is 1. The van der Waals surface area contributed by atoms with Gasteiger partial charge in [-0.3, -0.25) is 4.79 Å². The maximum Gasteiger partial charge on any atom is 0.261 e. The molecule has 0 bridgehead atoms. The van der Waals surface area contributed by atoms with E-state index in [2.05, 4.69) is 17.6 Å². The minimum absolute atomic E-state index is 0.0767. The Morgan fingerprint density at radius 3 is 3.00 bits per heavy atom. The van der Waals surface area contributed by atoms with Crippen LogP contribution in [0.5, 0.6) is 0 Å². The highest BCUT2D eigenvalue weighted by molar-refractivity contribution is 7.21. The first-order chi connectivity index (χ1) is 10.1. The maximum atomic E-state index is 13.9. The van der Waals surface area contributed by atoms with Crippen molar-refractivity contribution in [2.75, 3.05) is 6.54 Å². The van der Waals surface area contributed by atoms with Crippen LogP contribution in [0.2, 0.25) is 0 Å². The van der Waals surface area contributed by atoms with Crippen molar-refractivity contribution in [1.82, 2.24) is 10.6 Å². The number of aryl methyl sites for hydroxylation is 1. The van der Waals surface area contributed by atoms with Crippen LogP contribution in [0, 0.1) is 12.7 Å². The number of hydrogen-bond donors (Lipinski definition) is 2. The molecule has 0 aliphatic carbocycles. The normalized spacial score (nSPS) is 22.4. The standard InChI is InChI=1S/C16H19FN2OS/c1-9-8-11(6-7-18-9)19-16(20)15-10(2)14-12(17)4-3-5-13(14)21-15/h3-5,9,11,18H,6-8H2,1-2H3,(H,19,20). The summed E-state index contributed by atoms with van der Waals surface area (Å²) in [7, 11) is 0. The van der Waals surface area contributed by atoms with Crippen molar-refractivity contribution in [3.8, 4) is 0 Å². The summed E-state index contributed by atoms with van der Waals surface area (Å²) in [4.78, 5) is 13.1. The average molecular weight is 306 g/mol. The lowest BCUT2D eigenvalue weighted by Gasteiger charge is -2.28. The van der Waals surface area contributed by atoms with Gasteiger partial charge in [0.1, 0.15) is 5.82 Å². The molecule has 5 heteroatoms. The van der Waals surface area contributed by atoms with Crippen molar-refractivity contribution in [2.24, 2.45) is 0 Å². The summed E-state index contributed by atoms with van der Waals surface area (Å²) < 4.78 is 14.7. The van der Waals surface area contributed by atoms with Crippen LogP contribution in [0.15, 0.2) is 18.2 Å². The molecule has 1 aromatic heterocycles. The van der Waals surface area contributed by atoms with E-state index in [4.69, 9.17) is 0 Å². The van der Waals surface area contributed by atoms with Gasteiger partial charge in [-0.1, -0.05) is 6.07 Å². The number of fused-ring (bicyclic) bond motifs is 1. The highest BCUT2D eigenvalue weighted by Crippen LogP contribution is 2.32. The van der Waals surface area contributed by atoms with E-state index < -0.39 is 0 Å². The molecule has 2 aromatic rings. The molecule has 3 rings (SSSR count). The summed E-state index contributed by atoms with van der Waals surface area (Å²) in [5, 5.41) is 7.04. The Bertz CT molecular complexity index is 682. The van der Waals surface area contributed by atoms with Crippen molar-refractivity contribution >= 4 is 27.3 Å². The number of carbonyl (C=O) groups is 1. The molecule has 0 saturated carbocycles. The second-order valence-electron chi connectivity index (χ2n) is 5.72. The molecule has 1 aliphatic rings. The SMILES string of the molecule is Cc1c(C(=O)NC2CCNC(C)C2)sc2cccc(F)c12. The molecule has 21 heavy (non-hydrogen) atoms. The van der Waals surface area contributed by atoms with Crippen LogP contribution in [-0.2, 0) is 0 Å². The fourth-order valence-electron chi connectivity index (χ4n) is 2.98. The number of piperidine rings is 1. The average Bonchev–Trinajstić information content (AvgIpc) is 2.77. The van der Waals surface area contributed by atoms with Gasteiger partial charge in [0.2, 0.25) is 0 Å². The number of hydrogen-bond acceptors (Lipinski definition) is 3. The van der Waals surface area contributed by atoms with Gasteiger partial charge in [-0.2, -0.15) is 0 Å². The molecule has 2 heterocycles. The van der Waals surface area contributed by atoms with Gasteiger partial charge in [-0.05, 0) is 50.9 Å². The fourth-order valence-corrected chi connectivity index (χ4v) is 4.11. The Balaban J connectivity index is 1.85. The van der Waals surface area contributed by atoms with Gasteiger partial charge in [0.25, 0.3) is 5.91 Å². The minimum atomic E-state index is -0.254. The summed E-state index contributed by atoms with van der Waals surface area (Å²) in [6.45, 7) is 4.87. The lowest BCUT2D eigenvalue weighted by Crippen LogP contribution is -2.46. The summed E-state index contributed by atoms with van der Waals surface area (Å²) in [6.07, 6.45) is 1.87. The third kappa shape index (κ3) is 2.80. The first-order valence-corrected chi connectivity index (χ1v) is 8.09. The first-order valence-electron chi connectivity index (χ1n) is 7.28. The van der Waals surface area contributed by atoms with E-state index in [9.17, 15) is 9.18 Å². The molecule has 3 nitrogen and oxygen atoms in total. The maximum absolute atomic E-state index is 13.9. The number of benzene rings is 1. The Morgan fingerprint density at radius 1 is 1.48 bits per heavy atom. The zero-order chi connectivity index (χ0) is 15.0. The first kappa shape index (κ1) is 14.5. The predicted molar refractivity (Wildman–Crippen MR) is 84.5 cm³/mol. The third-order valence-electron chi connectivity index (χ3n) is 4.07. The largest absolute Gasteiger partial charge is 0.348 e. The van der Waals surface area contributed by atoms with Crippen LogP contribution in [-0.4, -0.2) is 24.5 Å². The van der Waals surface area contributed by atoms with E-state index in [0.29, 0.717) is 16.3 Å². The van der Waals surface area contributed by atoms with Crippen molar-refractivity contribution < 1.29 is 9.18 Å². The summed E-state index contributed by atoms with van der Waals surface area (Å²) in [5.41, 5.74) is 0.743. The van der Waals surface area contributed by atoms with Gasteiger partial charge in [0.15, 0.2) is 0 Å². The van der Waals surface area contributed by atoms with E-state index in [-0.39, 0.29) is 17.8 Å². The van der Waals surface area contributed by atoms with Crippen LogP contribution in [0.25, 0.3) is 10.1 Å². The highest BCUT2D eigenvalue weighted by Gasteiger charge is 2.23. The van der Waals surface area contributed by atoms with E-state index in [0.717, 1.165) is 29.6 Å². The fraction of sp³-hybridized carbons (Fsp3) is 0.438. The quantitative estimate of drug-likeness (QED) is 0.894. The molecule has 0 spiro atoms. The molecule has 2 unspecified atom stereocenters. The molecule has 2 N–H and O–H groups in total. The molecule has 1 saturated heterocycles. The van der Waals surface area contributed by atoms with Crippen molar-refractivity contribution in [2.45, 2.75) is 38.8 Å². The van der Waals surface area contributed by atoms with Gasteiger partial charge in [0.05, 0.1) is 4.88 Å². The molecular formula is C16H19FN2OS. The lowest BCUT2D eigenvalue weighted by molar-refractivity contribution is 0.0929. The van der Waals surface area contributed by atoms with Crippen LogP contribution in [0.3, 0.4) is 0 Å². The van der Waals surface area contributed by atoms with Crippen LogP contribution in [0.4, 0.5) is 4.39 Å². The molecule has 1 aliphatic heterocycles. The predicted octanol–water partition coefficient (Wildman–Crippen LogP) is 3.22. The van der Waals surface area contributed by atoms with E-state index >= 15 is 0 Å². The Kier molecular flexibility index (Phi) is 3.95. The zero-order valence-corrected chi connectivity index (χ0v) is 13.0. The number of thiophene rings is 1. The number of carbonyl (C=O) groups excluding carboxylic acids is 1.